The number of hydrogen-bond donors (Lipinski definition) is 1. The molecule has 8 heteroatoms. The lowest BCUT2D eigenvalue weighted by atomic mass is 10.1. The van der Waals surface area contributed by atoms with E-state index in [2.05, 4.69) is 9.97 Å². The van der Waals surface area contributed by atoms with E-state index in [4.69, 9.17) is 4.42 Å². The molecule has 2 aromatic rings. The second kappa shape index (κ2) is 7.55. The van der Waals surface area contributed by atoms with Crippen LogP contribution in [0.1, 0.15) is 34.1 Å². The minimum Gasteiger partial charge on any atom is -0.459 e. The van der Waals surface area contributed by atoms with Gasteiger partial charge in [0.05, 0.1) is 6.26 Å². The van der Waals surface area contributed by atoms with Gasteiger partial charge in [-0.25, -0.2) is 4.98 Å². The average molecular weight is 358 g/mol. The van der Waals surface area contributed by atoms with E-state index in [0.29, 0.717) is 55.4 Å². The summed E-state index contributed by atoms with van der Waals surface area (Å²) in [6.07, 6.45) is 2.08. The van der Waals surface area contributed by atoms with Crippen molar-refractivity contribution >= 4 is 11.8 Å². The third-order valence-corrected chi connectivity index (χ3v) is 4.58. The minimum absolute atomic E-state index is 0.0190. The molecule has 1 fully saturated rings. The van der Waals surface area contributed by atoms with Gasteiger partial charge in [-0.3, -0.25) is 14.4 Å². The van der Waals surface area contributed by atoms with Crippen molar-refractivity contribution in [2.75, 3.05) is 26.2 Å². The second-order valence-corrected chi connectivity index (χ2v) is 6.37. The van der Waals surface area contributed by atoms with Gasteiger partial charge < -0.3 is 19.2 Å². The zero-order chi connectivity index (χ0) is 18.7. The number of piperazine rings is 1. The van der Waals surface area contributed by atoms with Gasteiger partial charge in [-0.05, 0) is 32.4 Å². The van der Waals surface area contributed by atoms with Crippen molar-refractivity contribution < 1.29 is 14.0 Å². The molecule has 138 valence electrons. The van der Waals surface area contributed by atoms with Gasteiger partial charge in [-0.15, -0.1) is 0 Å². The Bertz CT molecular complexity index is 849. The smallest absolute Gasteiger partial charge is 0.289 e. The third kappa shape index (κ3) is 3.84. The number of aromatic amines is 1. The summed E-state index contributed by atoms with van der Waals surface area (Å²) in [6, 6.07) is 3.31. The Morgan fingerprint density at radius 2 is 1.88 bits per heavy atom. The van der Waals surface area contributed by atoms with E-state index in [1.165, 1.54) is 6.26 Å². The number of amides is 2. The van der Waals surface area contributed by atoms with Crippen molar-refractivity contribution in [2.24, 2.45) is 0 Å². The fourth-order valence-corrected chi connectivity index (χ4v) is 3.15. The summed E-state index contributed by atoms with van der Waals surface area (Å²) < 4.78 is 5.13. The number of rotatable bonds is 4. The number of aromatic nitrogens is 2. The van der Waals surface area contributed by atoms with Crippen LogP contribution in [-0.4, -0.2) is 57.8 Å². The average Bonchev–Trinajstić information content (AvgIpc) is 3.14. The normalized spacial score (nSPS) is 14.5. The van der Waals surface area contributed by atoms with Gasteiger partial charge in [0.25, 0.3) is 11.5 Å². The van der Waals surface area contributed by atoms with Gasteiger partial charge in [0, 0.05) is 43.9 Å². The monoisotopic (exact) mass is 358 g/mol. The van der Waals surface area contributed by atoms with Gasteiger partial charge in [-0.2, -0.15) is 0 Å². The molecule has 1 N–H and O–H groups in total. The summed E-state index contributed by atoms with van der Waals surface area (Å²) in [6.45, 7) is 5.40. The SMILES string of the molecule is Cc1nc(C)c(CCC(=O)N2CCN(C(=O)c3ccco3)CC2)c(=O)[nH]1. The maximum Gasteiger partial charge on any atom is 0.289 e. The molecule has 8 nitrogen and oxygen atoms in total. The van der Waals surface area contributed by atoms with Crippen LogP contribution in [-0.2, 0) is 11.2 Å². The lowest BCUT2D eigenvalue weighted by Gasteiger charge is -2.34. The Hall–Kier alpha value is -2.90. The van der Waals surface area contributed by atoms with E-state index in [1.54, 1.807) is 35.8 Å². The Labute approximate surface area is 150 Å². The fourth-order valence-electron chi connectivity index (χ4n) is 3.15. The zero-order valence-corrected chi connectivity index (χ0v) is 14.9. The van der Waals surface area contributed by atoms with E-state index < -0.39 is 0 Å². The van der Waals surface area contributed by atoms with E-state index in [9.17, 15) is 14.4 Å². The highest BCUT2D eigenvalue weighted by molar-refractivity contribution is 5.91. The van der Waals surface area contributed by atoms with E-state index >= 15 is 0 Å². The molecule has 0 aliphatic carbocycles. The molecule has 0 spiro atoms. The van der Waals surface area contributed by atoms with E-state index in [-0.39, 0.29) is 23.8 Å². The molecule has 1 aliphatic heterocycles. The summed E-state index contributed by atoms with van der Waals surface area (Å²) in [4.78, 5) is 47.0. The first-order valence-corrected chi connectivity index (χ1v) is 8.62. The molecule has 0 atom stereocenters. The molecule has 1 aliphatic rings. The van der Waals surface area contributed by atoms with Gasteiger partial charge in [0.2, 0.25) is 5.91 Å². The third-order valence-electron chi connectivity index (χ3n) is 4.58. The first kappa shape index (κ1) is 17.9. The molecule has 0 unspecified atom stereocenters. The van der Waals surface area contributed by atoms with Gasteiger partial charge in [-0.1, -0.05) is 0 Å². The number of carbonyl (C=O) groups excluding carboxylic acids is 2. The van der Waals surface area contributed by atoms with Crippen LogP contribution >= 0.6 is 0 Å². The van der Waals surface area contributed by atoms with Gasteiger partial charge >= 0.3 is 0 Å². The Balaban J connectivity index is 1.53. The van der Waals surface area contributed by atoms with Crippen molar-refractivity contribution in [3.63, 3.8) is 0 Å². The lowest BCUT2D eigenvalue weighted by molar-refractivity contribution is -0.132. The molecule has 3 heterocycles. The van der Waals surface area contributed by atoms with Crippen LogP contribution in [0.3, 0.4) is 0 Å². The number of aryl methyl sites for hydroxylation is 2. The van der Waals surface area contributed by atoms with Crippen LogP contribution in [0.5, 0.6) is 0 Å². The Morgan fingerprint density at radius 1 is 1.19 bits per heavy atom. The zero-order valence-electron chi connectivity index (χ0n) is 14.9. The van der Waals surface area contributed by atoms with Crippen LogP contribution < -0.4 is 5.56 Å². The predicted octanol–water partition coefficient (Wildman–Crippen LogP) is 0.897. The second-order valence-electron chi connectivity index (χ2n) is 6.37. The lowest BCUT2D eigenvalue weighted by Crippen LogP contribution is -2.50. The summed E-state index contributed by atoms with van der Waals surface area (Å²) >= 11 is 0. The largest absolute Gasteiger partial charge is 0.459 e. The van der Waals surface area contributed by atoms with E-state index in [1.807, 2.05) is 0 Å². The predicted molar refractivity (Wildman–Crippen MR) is 93.8 cm³/mol. The fraction of sp³-hybridized carbons (Fsp3) is 0.444. The highest BCUT2D eigenvalue weighted by Crippen LogP contribution is 2.11. The van der Waals surface area contributed by atoms with Gasteiger partial charge in [0.1, 0.15) is 5.82 Å². The molecular formula is C18H22N4O4. The number of nitrogens with one attached hydrogen (secondary N) is 1. The first-order chi connectivity index (χ1) is 12.5. The highest BCUT2D eigenvalue weighted by atomic mass is 16.3. The summed E-state index contributed by atoms with van der Waals surface area (Å²) in [5.74, 6) is 0.704. The van der Waals surface area contributed by atoms with Crippen LogP contribution in [0.4, 0.5) is 0 Å². The van der Waals surface area contributed by atoms with Crippen LogP contribution in [0.15, 0.2) is 27.6 Å². The van der Waals surface area contributed by atoms with Crippen LogP contribution in [0.25, 0.3) is 0 Å². The maximum atomic E-state index is 12.4. The molecule has 0 saturated carbocycles. The molecule has 3 rings (SSSR count). The number of carbonyl (C=O) groups is 2. The molecule has 2 aromatic heterocycles. The highest BCUT2D eigenvalue weighted by Gasteiger charge is 2.26. The maximum absolute atomic E-state index is 12.4. The summed E-state index contributed by atoms with van der Waals surface area (Å²) in [5, 5.41) is 0. The quantitative estimate of drug-likeness (QED) is 0.875. The van der Waals surface area contributed by atoms with Crippen LogP contribution in [0.2, 0.25) is 0 Å². The summed E-state index contributed by atoms with van der Waals surface area (Å²) in [7, 11) is 0. The standard InChI is InChI=1S/C18H22N4O4/c1-12-14(17(24)20-13(2)19-12)5-6-16(23)21-7-9-22(10-8-21)18(25)15-4-3-11-26-15/h3-4,11H,5-10H2,1-2H3,(H,19,20,24). The number of H-pyrrole nitrogens is 1. The van der Waals surface area contributed by atoms with Gasteiger partial charge in [0.15, 0.2) is 5.76 Å². The molecule has 26 heavy (non-hydrogen) atoms. The van der Waals surface area contributed by atoms with Crippen LogP contribution in [0, 0.1) is 13.8 Å². The van der Waals surface area contributed by atoms with Crippen molar-refractivity contribution in [3.05, 3.63) is 51.6 Å². The Morgan fingerprint density at radius 3 is 2.50 bits per heavy atom. The molecule has 0 radical (unpaired) electrons. The minimum atomic E-state index is -0.184. The number of hydrogen-bond acceptors (Lipinski definition) is 5. The molecule has 0 bridgehead atoms. The number of furan rings is 1. The summed E-state index contributed by atoms with van der Waals surface area (Å²) in [5.41, 5.74) is 1.03. The van der Waals surface area contributed by atoms with Crippen molar-refractivity contribution in [2.45, 2.75) is 26.7 Å². The topological polar surface area (TPSA) is 99.5 Å². The van der Waals surface area contributed by atoms with E-state index in [0.717, 1.165) is 0 Å². The molecule has 1 saturated heterocycles. The first-order valence-electron chi connectivity index (χ1n) is 8.62. The van der Waals surface area contributed by atoms with Crippen molar-refractivity contribution in [1.29, 1.82) is 0 Å². The number of nitrogens with zero attached hydrogens (tertiary/aromatic N) is 3. The molecule has 2 amide bonds. The van der Waals surface area contributed by atoms with Crippen molar-refractivity contribution in [1.82, 2.24) is 19.8 Å². The Kier molecular flexibility index (Phi) is 5.20. The van der Waals surface area contributed by atoms with Crippen molar-refractivity contribution in [3.8, 4) is 0 Å². The molecular weight excluding hydrogens is 336 g/mol. The molecule has 0 aromatic carbocycles.